The molecule has 2 aliphatic rings. The number of carbonyl (C=O) groups excluding carboxylic acids is 4. The molecule has 4 amide bonds. The van der Waals surface area contributed by atoms with Gasteiger partial charge in [-0.2, -0.15) is 0 Å². The Morgan fingerprint density at radius 1 is 0.889 bits per heavy atom. The minimum absolute atomic E-state index is 0.286. The fourth-order valence-corrected chi connectivity index (χ4v) is 4.40. The first-order chi connectivity index (χ1) is 13.0. The summed E-state index contributed by atoms with van der Waals surface area (Å²) in [7, 11) is 0. The minimum atomic E-state index is -0.529. The van der Waals surface area contributed by atoms with Crippen LogP contribution in [0, 0.1) is 0 Å². The number of amides is 4. The van der Waals surface area contributed by atoms with Gasteiger partial charge in [0.1, 0.15) is 0 Å². The molecule has 0 saturated carbocycles. The predicted octanol–water partition coefficient (Wildman–Crippen LogP) is 3.66. The molecule has 27 heavy (non-hydrogen) atoms. The van der Waals surface area contributed by atoms with Gasteiger partial charge in [0.05, 0.1) is 5.56 Å². The van der Waals surface area contributed by atoms with Gasteiger partial charge in [-0.25, -0.2) is 0 Å². The highest BCUT2D eigenvalue weighted by Crippen LogP contribution is 2.39. The number of unbranched alkanes of at least 4 members (excludes halogenated alkanes) is 3. The maximum Gasteiger partial charge on any atom is 0.262 e. The smallest absolute Gasteiger partial charge is 0.262 e. The fourth-order valence-electron chi connectivity index (χ4n) is 3.80. The Morgan fingerprint density at radius 3 is 2.33 bits per heavy atom. The maximum atomic E-state index is 13.1. The van der Waals surface area contributed by atoms with Gasteiger partial charge in [0.25, 0.3) is 23.6 Å². The van der Waals surface area contributed by atoms with Gasteiger partial charge < -0.3 is 0 Å². The predicted molar refractivity (Wildman–Crippen MR) is 103 cm³/mol. The molecule has 0 radical (unpaired) electrons. The second kappa shape index (κ2) is 6.56. The van der Waals surface area contributed by atoms with E-state index in [0.29, 0.717) is 38.5 Å². The normalized spacial score (nSPS) is 15.6. The molecule has 2 heterocycles. The fraction of sp³-hybridized carbons (Fsp3) is 0.300. The summed E-state index contributed by atoms with van der Waals surface area (Å²) in [5.74, 6) is -1.82. The van der Waals surface area contributed by atoms with Crippen molar-refractivity contribution >= 4 is 50.3 Å². The molecule has 0 saturated heterocycles. The highest BCUT2D eigenvalue weighted by Gasteiger charge is 2.38. The van der Waals surface area contributed by atoms with Crippen molar-refractivity contribution in [3.05, 3.63) is 44.9 Å². The van der Waals surface area contributed by atoms with Crippen LogP contribution in [0.15, 0.2) is 22.7 Å². The molecule has 2 aromatic carbocycles. The number of imide groups is 2. The molecule has 2 aliphatic heterocycles. The Hall–Kier alpha value is -2.54. The van der Waals surface area contributed by atoms with E-state index in [0.717, 1.165) is 25.7 Å². The van der Waals surface area contributed by atoms with Gasteiger partial charge in [-0.3, -0.25) is 29.4 Å². The van der Waals surface area contributed by atoms with Crippen molar-refractivity contribution in [3.63, 3.8) is 0 Å². The van der Waals surface area contributed by atoms with Crippen molar-refractivity contribution in [2.75, 3.05) is 6.54 Å². The molecule has 138 valence electrons. The third-order valence-electron chi connectivity index (χ3n) is 5.12. The zero-order valence-electron chi connectivity index (χ0n) is 14.7. The Balaban J connectivity index is 1.90. The Morgan fingerprint density at radius 2 is 1.59 bits per heavy atom. The van der Waals surface area contributed by atoms with Gasteiger partial charge in [0.15, 0.2) is 0 Å². The summed E-state index contributed by atoms with van der Waals surface area (Å²) in [6.45, 7) is 2.45. The van der Waals surface area contributed by atoms with Crippen LogP contribution in [0.25, 0.3) is 10.8 Å². The molecule has 0 unspecified atom stereocenters. The molecule has 0 aromatic heterocycles. The second-order valence-corrected chi connectivity index (χ2v) is 7.65. The molecule has 0 atom stereocenters. The van der Waals surface area contributed by atoms with Crippen molar-refractivity contribution in [2.24, 2.45) is 0 Å². The van der Waals surface area contributed by atoms with E-state index in [9.17, 15) is 19.2 Å². The van der Waals surface area contributed by atoms with Crippen molar-refractivity contribution in [3.8, 4) is 0 Å². The molecule has 2 aromatic rings. The second-order valence-electron chi connectivity index (χ2n) is 6.80. The van der Waals surface area contributed by atoms with Gasteiger partial charge in [-0.15, -0.1) is 0 Å². The maximum absolute atomic E-state index is 13.1. The van der Waals surface area contributed by atoms with Gasteiger partial charge >= 0.3 is 0 Å². The van der Waals surface area contributed by atoms with E-state index in [1.165, 1.54) is 4.90 Å². The Labute approximate surface area is 164 Å². The van der Waals surface area contributed by atoms with E-state index in [2.05, 4.69) is 28.2 Å². The van der Waals surface area contributed by atoms with Crippen LogP contribution in [-0.2, 0) is 0 Å². The summed E-state index contributed by atoms with van der Waals surface area (Å²) in [4.78, 5) is 51.8. The molecule has 7 heteroatoms. The van der Waals surface area contributed by atoms with E-state index >= 15 is 0 Å². The van der Waals surface area contributed by atoms with Crippen LogP contribution in [0.1, 0.15) is 74.0 Å². The van der Waals surface area contributed by atoms with Crippen LogP contribution in [0.4, 0.5) is 0 Å². The van der Waals surface area contributed by atoms with E-state index in [4.69, 9.17) is 0 Å². The van der Waals surface area contributed by atoms with Gasteiger partial charge in [-0.05, 0) is 40.5 Å². The quantitative estimate of drug-likeness (QED) is 0.581. The topological polar surface area (TPSA) is 83.6 Å². The number of carbonyl (C=O) groups is 4. The van der Waals surface area contributed by atoms with E-state index in [-0.39, 0.29) is 11.5 Å². The standard InChI is InChI=1S/C20H17BrN2O4/c1-2-3-4-5-8-23-19(26)11-7-6-10-14-12(18(25)22-17(10)24)9-13(21)16(15(11)14)20(23)27/h6-7,9H,2-5,8H2,1H3,(H,22,24,25). The van der Waals surface area contributed by atoms with Crippen LogP contribution in [0.3, 0.4) is 0 Å². The zero-order chi connectivity index (χ0) is 19.3. The van der Waals surface area contributed by atoms with Gasteiger partial charge in [0, 0.05) is 38.5 Å². The number of benzene rings is 2. The summed E-state index contributed by atoms with van der Waals surface area (Å²) < 4.78 is 0.448. The first-order valence-electron chi connectivity index (χ1n) is 8.96. The number of nitrogens with zero attached hydrogens (tertiary/aromatic N) is 1. The van der Waals surface area contributed by atoms with Gasteiger partial charge in [-0.1, -0.05) is 26.2 Å². The monoisotopic (exact) mass is 428 g/mol. The van der Waals surface area contributed by atoms with Crippen LogP contribution in [0.5, 0.6) is 0 Å². The summed E-state index contributed by atoms with van der Waals surface area (Å²) in [5, 5.41) is 3.06. The third-order valence-corrected chi connectivity index (χ3v) is 5.75. The molecule has 0 aliphatic carbocycles. The largest absolute Gasteiger partial charge is 0.288 e. The molecular weight excluding hydrogens is 412 g/mol. The average Bonchev–Trinajstić information content (AvgIpc) is 2.64. The van der Waals surface area contributed by atoms with Crippen molar-refractivity contribution in [2.45, 2.75) is 32.6 Å². The number of halogens is 1. The number of hydrogen-bond acceptors (Lipinski definition) is 4. The average molecular weight is 429 g/mol. The molecule has 0 fully saturated rings. The number of hydrogen-bond donors (Lipinski definition) is 1. The molecule has 0 spiro atoms. The third kappa shape index (κ3) is 2.60. The summed E-state index contributed by atoms with van der Waals surface area (Å²) in [6.07, 6.45) is 3.81. The summed E-state index contributed by atoms with van der Waals surface area (Å²) in [5.41, 5.74) is 1.27. The number of nitrogens with one attached hydrogen (secondary N) is 1. The van der Waals surface area contributed by atoms with Crippen LogP contribution in [0.2, 0.25) is 0 Å². The lowest BCUT2D eigenvalue weighted by molar-refractivity contribution is 0.0605. The van der Waals surface area contributed by atoms with Gasteiger partial charge in [0.2, 0.25) is 0 Å². The molecule has 1 N–H and O–H groups in total. The number of rotatable bonds is 5. The van der Waals surface area contributed by atoms with E-state index < -0.39 is 17.7 Å². The molecule has 6 nitrogen and oxygen atoms in total. The van der Waals surface area contributed by atoms with Crippen LogP contribution in [-0.4, -0.2) is 35.1 Å². The zero-order valence-corrected chi connectivity index (χ0v) is 16.3. The van der Waals surface area contributed by atoms with Crippen molar-refractivity contribution in [1.29, 1.82) is 0 Å². The van der Waals surface area contributed by atoms with Crippen molar-refractivity contribution in [1.82, 2.24) is 10.2 Å². The van der Waals surface area contributed by atoms with E-state index in [1.807, 2.05) is 0 Å². The molecule has 4 rings (SSSR count). The Bertz CT molecular complexity index is 1040. The summed E-state index contributed by atoms with van der Waals surface area (Å²) >= 11 is 3.39. The molecular formula is C20H17BrN2O4. The lowest BCUT2D eigenvalue weighted by Crippen LogP contribution is -2.42. The lowest BCUT2D eigenvalue weighted by atomic mass is 9.86. The summed E-state index contributed by atoms with van der Waals surface area (Å²) in [6, 6.07) is 4.67. The van der Waals surface area contributed by atoms with Crippen LogP contribution >= 0.6 is 15.9 Å². The first-order valence-corrected chi connectivity index (χ1v) is 9.76. The SMILES string of the molecule is CCCCCCN1C(=O)c2ccc3c4c(cc(Br)c(c24)C1=O)C(=O)NC3=O. The first kappa shape index (κ1) is 17.9. The van der Waals surface area contributed by atoms with Crippen LogP contribution < -0.4 is 5.32 Å². The van der Waals surface area contributed by atoms with E-state index in [1.54, 1.807) is 18.2 Å². The minimum Gasteiger partial charge on any atom is -0.288 e. The highest BCUT2D eigenvalue weighted by atomic mass is 79.9. The lowest BCUT2D eigenvalue weighted by Gasteiger charge is -2.30. The molecule has 0 bridgehead atoms. The Kier molecular flexibility index (Phi) is 4.34. The highest BCUT2D eigenvalue weighted by molar-refractivity contribution is 9.10. The van der Waals surface area contributed by atoms with Crippen molar-refractivity contribution < 1.29 is 19.2 Å².